The van der Waals surface area contributed by atoms with E-state index in [4.69, 9.17) is 4.74 Å². The summed E-state index contributed by atoms with van der Waals surface area (Å²) in [7, 11) is 0. The van der Waals surface area contributed by atoms with E-state index in [0.717, 1.165) is 5.56 Å². The zero-order valence-corrected chi connectivity index (χ0v) is 14.2. The Morgan fingerprint density at radius 3 is 2.50 bits per heavy atom. The maximum atomic E-state index is 12.3. The lowest BCUT2D eigenvalue weighted by atomic mass is 10.2. The molecule has 6 heteroatoms. The molecule has 0 aliphatic carbocycles. The van der Waals surface area contributed by atoms with Crippen molar-refractivity contribution in [1.82, 2.24) is 4.98 Å². The third-order valence-corrected chi connectivity index (χ3v) is 2.93. The molecule has 2 N–H and O–H groups in total. The summed E-state index contributed by atoms with van der Waals surface area (Å²) in [6.45, 7) is 7.27. The molecule has 0 atom stereocenters. The van der Waals surface area contributed by atoms with E-state index in [2.05, 4.69) is 15.6 Å². The largest absolute Gasteiger partial charge is 0.444 e. The Kier molecular flexibility index (Phi) is 5.18. The number of aryl methyl sites for hydroxylation is 1. The molecule has 24 heavy (non-hydrogen) atoms. The second-order valence-electron chi connectivity index (χ2n) is 6.38. The standard InChI is InChI=1S/C18H21N3O3/c1-12-8-9-19-15(10-12)21-16(22)13-6-5-7-14(11-13)20-17(23)24-18(2,3)4/h5-11H,1-4H3,(H,20,23)(H,19,21,22). The first-order chi connectivity index (χ1) is 11.2. The van der Waals surface area contributed by atoms with Gasteiger partial charge in [0, 0.05) is 17.4 Å². The number of nitrogens with one attached hydrogen (secondary N) is 2. The minimum Gasteiger partial charge on any atom is -0.444 e. The molecule has 6 nitrogen and oxygen atoms in total. The quantitative estimate of drug-likeness (QED) is 0.893. The highest BCUT2D eigenvalue weighted by Gasteiger charge is 2.16. The van der Waals surface area contributed by atoms with Crippen LogP contribution in [0.15, 0.2) is 42.6 Å². The van der Waals surface area contributed by atoms with Crippen LogP contribution in [0.1, 0.15) is 36.7 Å². The lowest BCUT2D eigenvalue weighted by Crippen LogP contribution is -2.27. The molecule has 0 bridgehead atoms. The number of hydrogen-bond donors (Lipinski definition) is 2. The molecule has 0 fully saturated rings. The second-order valence-corrected chi connectivity index (χ2v) is 6.38. The highest BCUT2D eigenvalue weighted by molar-refractivity contribution is 6.04. The summed E-state index contributed by atoms with van der Waals surface area (Å²) in [5, 5.41) is 5.33. The number of nitrogens with zero attached hydrogens (tertiary/aromatic N) is 1. The van der Waals surface area contributed by atoms with E-state index in [9.17, 15) is 9.59 Å². The molecule has 0 saturated heterocycles. The first kappa shape index (κ1) is 17.5. The number of aromatic nitrogens is 1. The van der Waals surface area contributed by atoms with Crippen molar-refractivity contribution < 1.29 is 14.3 Å². The van der Waals surface area contributed by atoms with Crippen LogP contribution in [0.3, 0.4) is 0 Å². The van der Waals surface area contributed by atoms with Gasteiger partial charge in [-0.1, -0.05) is 6.07 Å². The summed E-state index contributed by atoms with van der Waals surface area (Å²) < 4.78 is 5.19. The zero-order chi connectivity index (χ0) is 17.7. The monoisotopic (exact) mass is 327 g/mol. The smallest absolute Gasteiger partial charge is 0.412 e. The van der Waals surface area contributed by atoms with Crippen molar-refractivity contribution in [2.45, 2.75) is 33.3 Å². The van der Waals surface area contributed by atoms with E-state index in [1.54, 1.807) is 57.3 Å². The molecule has 0 radical (unpaired) electrons. The minimum atomic E-state index is -0.587. The van der Waals surface area contributed by atoms with Gasteiger partial charge in [0.15, 0.2) is 0 Å². The first-order valence-corrected chi connectivity index (χ1v) is 7.57. The molecule has 2 aromatic rings. The third-order valence-electron chi connectivity index (χ3n) is 2.93. The van der Waals surface area contributed by atoms with Crippen molar-refractivity contribution in [2.75, 3.05) is 10.6 Å². The number of hydrogen-bond acceptors (Lipinski definition) is 4. The predicted octanol–water partition coefficient (Wildman–Crippen LogP) is 3.99. The number of ether oxygens (including phenoxy) is 1. The Morgan fingerprint density at radius 2 is 1.83 bits per heavy atom. The van der Waals surface area contributed by atoms with E-state index < -0.39 is 11.7 Å². The number of carbonyl (C=O) groups excluding carboxylic acids is 2. The first-order valence-electron chi connectivity index (χ1n) is 7.57. The summed E-state index contributed by atoms with van der Waals surface area (Å²) in [6, 6.07) is 10.2. The fourth-order valence-corrected chi connectivity index (χ4v) is 1.95. The molecule has 1 aromatic carbocycles. The van der Waals surface area contributed by atoms with Crippen LogP contribution in [0.2, 0.25) is 0 Å². The molecule has 0 aliphatic rings. The van der Waals surface area contributed by atoms with Gasteiger partial charge < -0.3 is 10.1 Å². The molecule has 1 heterocycles. The Morgan fingerprint density at radius 1 is 1.08 bits per heavy atom. The summed E-state index contributed by atoms with van der Waals surface area (Å²) in [6.07, 6.45) is 1.06. The van der Waals surface area contributed by atoms with Gasteiger partial charge in [-0.25, -0.2) is 9.78 Å². The van der Waals surface area contributed by atoms with Crippen LogP contribution in [0.5, 0.6) is 0 Å². The number of anilines is 2. The van der Waals surface area contributed by atoms with Gasteiger partial charge in [-0.2, -0.15) is 0 Å². The number of amides is 2. The van der Waals surface area contributed by atoms with E-state index in [1.165, 1.54) is 0 Å². The third kappa shape index (κ3) is 5.39. The van der Waals surface area contributed by atoms with Crippen LogP contribution >= 0.6 is 0 Å². The topological polar surface area (TPSA) is 80.3 Å². The summed E-state index contributed by atoms with van der Waals surface area (Å²) in [5.41, 5.74) is 1.30. The number of benzene rings is 1. The highest BCUT2D eigenvalue weighted by atomic mass is 16.6. The average molecular weight is 327 g/mol. The molecule has 126 valence electrons. The molecule has 0 aliphatic heterocycles. The minimum absolute atomic E-state index is 0.305. The van der Waals surface area contributed by atoms with Crippen LogP contribution in [-0.4, -0.2) is 22.6 Å². The van der Waals surface area contributed by atoms with Gasteiger partial charge in [-0.15, -0.1) is 0 Å². The van der Waals surface area contributed by atoms with Crippen molar-refractivity contribution in [1.29, 1.82) is 0 Å². The second kappa shape index (κ2) is 7.12. The van der Waals surface area contributed by atoms with Gasteiger partial charge in [0.25, 0.3) is 5.91 Å². The van der Waals surface area contributed by atoms with Crippen molar-refractivity contribution in [3.8, 4) is 0 Å². The summed E-state index contributed by atoms with van der Waals surface area (Å²) in [4.78, 5) is 28.2. The van der Waals surface area contributed by atoms with Gasteiger partial charge in [0.05, 0.1) is 0 Å². The average Bonchev–Trinajstić information content (AvgIpc) is 2.45. The van der Waals surface area contributed by atoms with Crippen LogP contribution < -0.4 is 10.6 Å². The van der Waals surface area contributed by atoms with Crippen LogP contribution in [-0.2, 0) is 4.74 Å². The van der Waals surface area contributed by atoms with Crippen molar-refractivity contribution in [2.24, 2.45) is 0 Å². The fourth-order valence-electron chi connectivity index (χ4n) is 1.95. The number of carbonyl (C=O) groups is 2. The SMILES string of the molecule is Cc1ccnc(NC(=O)c2cccc(NC(=O)OC(C)(C)C)c2)c1. The Labute approximate surface area is 141 Å². The lowest BCUT2D eigenvalue weighted by molar-refractivity contribution is 0.0635. The maximum Gasteiger partial charge on any atom is 0.412 e. The molecule has 0 saturated carbocycles. The van der Waals surface area contributed by atoms with Crippen molar-refractivity contribution in [3.63, 3.8) is 0 Å². The number of pyridine rings is 1. The zero-order valence-electron chi connectivity index (χ0n) is 14.2. The normalized spacial score (nSPS) is 10.8. The molecule has 2 rings (SSSR count). The molecule has 0 spiro atoms. The number of rotatable bonds is 3. The molecule has 0 unspecified atom stereocenters. The van der Waals surface area contributed by atoms with E-state index in [-0.39, 0.29) is 5.91 Å². The van der Waals surface area contributed by atoms with Gasteiger partial charge in [0.1, 0.15) is 11.4 Å². The van der Waals surface area contributed by atoms with Gasteiger partial charge >= 0.3 is 6.09 Å². The lowest BCUT2D eigenvalue weighted by Gasteiger charge is -2.19. The van der Waals surface area contributed by atoms with Crippen molar-refractivity contribution in [3.05, 3.63) is 53.7 Å². The van der Waals surface area contributed by atoms with E-state index in [0.29, 0.717) is 17.1 Å². The Bertz CT molecular complexity index is 751. The van der Waals surface area contributed by atoms with Crippen molar-refractivity contribution >= 4 is 23.5 Å². The van der Waals surface area contributed by atoms with E-state index >= 15 is 0 Å². The molecule has 1 aromatic heterocycles. The van der Waals surface area contributed by atoms with Gasteiger partial charge in [0.2, 0.25) is 0 Å². The fraction of sp³-hybridized carbons (Fsp3) is 0.278. The summed E-state index contributed by atoms with van der Waals surface area (Å²) in [5.74, 6) is 0.173. The van der Waals surface area contributed by atoms with E-state index in [1.807, 2.05) is 13.0 Å². The Balaban J connectivity index is 2.06. The summed E-state index contributed by atoms with van der Waals surface area (Å²) >= 11 is 0. The molecule has 2 amide bonds. The van der Waals surface area contributed by atoms with Gasteiger partial charge in [-0.3, -0.25) is 10.1 Å². The van der Waals surface area contributed by atoms with Crippen LogP contribution in [0, 0.1) is 6.92 Å². The maximum absolute atomic E-state index is 12.3. The molecular weight excluding hydrogens is 306 g/mol. The highest BCUT2D eigenvalue weighted by Crippen LogP contribution is 2.15. The van der Waals surface area contributed by atoms with Gasteiger partial charge in [-0.05, 0) is 63.6 Å². The molecular formula is C18H21N3O3. The predicted molar refractivity (Wildman–Crippen MR) is 93.2 cm³/mol. The Hall–Kier alpha value is -2.89. The van der Waals surface area contributed by atoms with Crippen LogP contribution in [0.25, 0.3) is 0 Å². The van der Waals surface area contributed by atoms with Crippen LogP contribution in [0.4, 0.5) is 16.3 Å².